The Balaban J connectivity index is 2.25. The first-order chi connectivity index (χ1) is 7.30. The van der Waals surface area contributed by atoms with Gasteiger partial charge in [-0.15, -0.1) is 6.42 Å². The minimum Gasteiger partial charge on any atom is -0.330 e. The molecule has 1 rings (SSSR count). The van der Waals surface area contributed by atoms with Gasteiger partial charge in [0.05, 0.1) is 6.54 Å². The lowest BCUT2D eigenvalue weighted by atomic mass is 9.82. The lowest BCUT2D eigenvalue weighted by molar-refractivity contribution is 0.201. The fraction of sp³-hybridized carbons (Fsp3) is 0.846. The molecule has 0 bridgehead atoms. The van der Waals surface area contributed by atoms with Gasteiger partial charge in [0.2, 0.25) is 0 Å². The van der Waals surface area contributed by atoms with E-state index in [4.69, 9.17) is 12.2 Å². The van der Waals surface area contributed by atoms with E-state index in [1.165, 1.54) is 32.2 Å². The van der Waals surface area contributed by atoms with Gasteiger partial charge in [-0.2, -0.15) is 0 Å². The molecule has 0 spiro atoms. The van der Waals surface area contributed by atoms with Crippen molar-refractivity contribution in [3.63, 3.8) is 0 Å². The molecule has 0 heterocycles. The second kappa shape index (κ2) is 6.87. The fourth-order valence-electron chi connectivity index (χ4n) is 2.45. The van der Waals surface area contributed by atoms with E-state index in [9.17, 15) is 0 Å². The SMILES string of the molecule is C#CCN(CC)CC1CCC(CN)CC1. The lowest BCUT2D eigenvalue weighted by Gasteiger charge is -2.31. The van der Waals surface area contributed by atoms with Crippen LogP contribution in [-0.2, 0) is 0 Å². The summed E-state index contributed by atoms with van der Waals surface area (Å²) in [6.45, 7) is 6.10. The van der Waals surface area contributed by atoms with Crippen LogP contribution in [-0.4, -0.2) is 31.1 Å². The molecule has 0 radical (unpaired) electrons. The molecule has 1 aliphatic carbocycles. The molecule has 1 aliphatic rings. The first-order valence-electron chi connectivity index (χ1n) is 6.16. The van der Waals surface area contributed by atoms with Gasteiger partial charge in [-0.1, -0.05) is 12.8 Å². The zero-order valence-electron chi connectivity index (χ0n) is 9.91. The van der Waals surface area contributed by atoms with Crippen LogP contribution in [0.1, 0.15) is 32.6 Å². The number of nitrogens with zero attached hydrogens (tertiary/aromatic N) is 1. The van der Waals surface area contributed by atoms with Crippen molar-refractivity contribution in [2.75, 3.05) is 26.2 Å². The molecule has 1 saturated carbocycles. The summed E-state index contributed by atoms with van der Waals surface area (Å²) in [5, 5.41) is 0. The first-order valence-corrected chi connectivity index (χ1v) is 6.16. The highest BCUT2D eigenvalue weighted by molar-refractivity contribution is 4.88. The van der Waals surface area contributed by atoms with Crippen LogP contribution in [0.25, 0.3) is 0 Å². The largest absolute Gasteiger partial charge is 0.330 e. The number of nitrogens with two attached hydrogens (primary N) is 1. The molecule has 0 aromatic heterocycles. The molecule has 0 atom stereocenters. The van der Waals surface area contributed by atoms with Gasteiger partial charge in [0.1, 0.15) is 0 Å². The normalized spacial score (nSPS) is 26.5. The molecule has 0 aromatic carbocycles. The predicted octanol–water partition coefficient (Wildman–Crippen LogP) is 1.71. The second-order valence-electron chi connectivity index (χ2n) is 4.65. The van der Waals surface area contributed by atoms with E-state index < -0.39 is 0 Å². The average Bonchev–Trinajstić information content (AvgIpc) is 2.29. The summed E-state index contributed by atoms with van der Waals surface area (Å²) >= 11 is 0. The number of rotatable bonds is 5. The molecule has 0 amide bonds. The molecule has 0 aliphatic heterocycles. The second-order valence-corrected chi connectivity index (χ2v) is 4.65. The number of hydrogen-bond donors (Lipinski definition) is 1. The summed E-state index contributed by atoms with van der Waals surface area (Å²) < 4.78 is 0. The molecule has 0 unspecified atom stereocenters. The zero-order chi connectivity index (χ0) is 11.1. The van der Waals surface area contributed by atoms with Crippen LogP contribution >= 0.6 is 0 Å². The standard InChI is InChI=1S/C13H24N2/c1-3-9-15(4-2)11-13-7-5-12(10-14)6-8-13/h1,12-13H,4-11,14H2,2H3. The van der Waals surface area contributed by atoms with Crippen molar-refractivity contribution < 1.29 is 0 Å². The van der Waals surface area contributed by atoms with E-state index in [1.807, 2.05) is 0 Å². The number of terminal acetylenes is 1. The summed E-state index contributed by atoms with van der Waals surface area (Å²) in [6, 6.07) is 0. The van der Waals surface area contributed by atoms with E-state index in [0.717, 1.165) is 31.5 Å². The maximum absolute atomic E-state index is 5.69. The van der Waals surface area contributed by atoms with Crippen LogP contribution in [0, 0.1) is 24.2 Å². The summed E-state index contributed by atoms with van der Waals surface area (Å²) in [7, 11) is 0. The van der Waals surface area contributed by atoms with Crippen molar-refractivity contribution in [2.24, 2.45) is 17.6 Å². The van der Waals surface area contributed by atoms with Crippen molar-refractivity contribution in [3.8, 4) is 12.3 Å². The predicted molar refractivity (Wildman–Crippen MR) is 65.4 cm³/mol. The topological polar surface area (TPSA) is 29.3 Å². The van der Waals surface area contributed by atoms with Gasteiger partial charge in [-0.25, -0.2) is 0 Å². The third-order valence-electron chi connectivity index (χ3n) is 3.58. The lowest BCUT2D eigenvalue weighted by Crippen LogP contribution is -2.32. The fourth-order valence-corrected chi connectivity index (χ4v) is 2.45. The molecule has 86 valence electrons. The van der Waals surface area contributed by atoms with Gasteiger partial charge >= 0.3 is 0 Å². The Hall–Kier alpha value is -0.520. The van der Waals surface area contributed by atoms with E-state index >= 15 is 0 Å². The third kappa shape index (κ3) is 4.24. The Labute approximate surface area is 94.2 Å². The van der Waals surface area contributed by atoms with Crippen LogP contribution < -0.4 is 5.73 Å². The smallest absolute Gasteiger partial charge is 0.0598 e. The molecular formula is C13H24N2. The maximum Gasteiger partial charge on any atom is 0.0598 e. The molecule has 0 aromatic rings. The van der Waals surface area contributed by atoms with Crippen molar-refractivity contribution in [1.82, 2.24) is 4.90 Å². The number of hydrogen-bond acceptors (Lipinski definition) is 2. The van der Waals surface area contributed by atoms with Crippen LogP contribution in [0.2, 0.25) is 0 Å². The highest BCUT2D eigenvalue weighted by atomic mass is 15.1. The first kappa shape index (κ1) is 12.5. The van der Waals surface area contributed by atoms with Gasteiger partial charge in [-0.3, -0.25) is 4.90 Å². The van der Waals surface area contributed by atoms with Crippen LogP contribution in [0.5, 0.6) is 0 Å². The Bertz CT molecular complexity index is 199. The van der Waals surface area contributed by atoms with Gasteiger partial charge < -0.3 is 5.73 Å². The highest BCUT2D eigenvalue weighted by Crippen LogP contribution is 2.28. The Morgan fingerprint density at radius 3 is 2.33 bits per heavy atom. The summed E-state index contributed by atoms with van der Waals surface area (Å²) in [4.78, 5) is 2.37. The quantitative estimate of drug-likeness (QED) is 0.697. The molecule has 1 fully saturated rings. The van der Waals surface area contributed by atoms with E-state index in [2.05, 4.69) is 17.7 Å². The monoisotopic (exact) mass is 208 g/mol. The van der Waals surface area contributed by atoms with Crippen molar-refractivity contribution in [2.45, 2.75) is 32.6 Å². The Morgan fingerprint density at radius 2 is 1.87 bits per heavy atom. The van der Waals surface area contributed by atoms with Crippen molar-refractivity contribution >= 4 is 0 Å². The van der Waals surface area contributed by atoms with Crippen molar-refractivity contribution in [1.29, 1.82) is 0 Å². The third-order valence-corrected chi connectivity index (χ3v) is 3.58. The summed E-state index contributed by atoms with van der Waals surface area (Å²) in [5.74, 6) is 4.36. The van der Waals surface area contributed by atoms with Gasteiger partial charge in [-0.05, 0) is 50.6 Å². The van der Waals surface area contributed by atoms with Gasteiger partial charge in [0.15, 0.2) is 0 Å². The molecule has 2 heteroatoms. The average molecular weight is 208 g/mol. The van der Waals surface area contributed by atoms with Crippen molar-refractivity contribution in [3.05, 3.63) is 0 Å². The molecule has 2 nitrogen and oxygen atoms in total. The van der Waals surface area contributed by atoms with Gasteiger partial charge in [0.25, 0.3) is 0 Å². The van der Waals surface area contributed by atoms with Crippen LogP contribution in [0.3, 0.4) is 0 Å². The van der Waals surface area contributed by atoms with Crippen LogP contribution in [0.4, 0.5) is 0 Å². The van der Waals surface area contributed by atoms with E-state index in [-0.39, 0.29) is 0 Å². The highest BCUT2D eigenvalue weighted by Gasteiger charge is 2.21. The minimum absolute atomic E-state index is 0.781. The Kier molecular flexibility index (Phi) is 5.75. The molecule has 0 saturated heterocycles. The van der Waals surface area contributed by atoms with E-state index in [1.54, 1.807) is 0 Å². The molecule has 15 heavy (non-hydrogen) atoms. The van der Waals surface area contributed by atoms with Gasteiger partial charge in [0, 0.05) is 6.54 Å². The maximum atomic E-state index is 5.69. The molecule has 2 N–H and O–H groups in total. The Morgan fingerprint density at radius 1 is 1.27 bits per heavy atom. The summed E-state index contributed by atoms with van der Waals surface area (Å²) in [6.07, 6.45) is 10.6. The van der Waals surface area contributed by atoms with Crippen LogP contribution in [0.15, 0.2) is 0 Å². The van der Waals surface area contributed by atoms with E-state index in [0.29, 0.717) is 0 Å². The minimum atomic E-state index is 0.781. The zero-order valence-corrected chi connectivity index (χ0v) is 9.91. The molecular weight excluding hydrogens is 184 g/mol. The summed E-state index contributed by atoms with van der Waals surface area (Å²) in [5.41, 5.74) is 5.69.